The van der Waals surface area contributed by atoms with Gasteiger partial charge < -0.3 is 44.1 Å². The van der Waals surface area contributed by atoms with Crippen LogP contribution < -0.4 is 9.80 Å². The molecule has 8 aromatic rings. The lowest BCUT2D eigenvalue weighted by Crippen LogP contribution is -2.37. The second-order valence-electron chi connectivity index (χ2n) is 31.5. The summed E-state index contributed by atoms with van der Waals surface area (Å²) in [5, 5.41) is 41.3. The fraction of sp³-hybridized carbons (Fsp3) is 0.534. The normalized spacial score (nSPS) is 18.4. The molecule has 532 valence electrons. The van der Waals surface area contributed by atoms with Gasteiger partial charge in [0.2, 0.25) is 0 Å². The predicted octanol–water partition coefficient (Wildman–Crippen LogP) is 15.6. The molecule has 6 aromatic heterocycles. The molecule has 2 fully saturated rings. The average molecular weight is 1430 g/mol. The van der Waals surface area contributed by atoms with E-state index in [2.05, 4.69) is 150 Å². The van der Waals surface area contributed by atoms with Gasteiger partial charge in [0, 0.05) is 140 Å². The molecule has 2 saturated carbocycles. The highest BCUT2D eigenvalue weighted by molar-refractivity contribution is 7.60. The molecule has 0 saturated heterocycles. The minimum Gasteiger partial charge on any atom is -0.393 e. The standard InChI is InChI=1S/C37H55N5O3Si2.C36H53N5O4Si2.HNO2S/c1-8-37(43)18-16-30(17-19-37)34-24-35(41(27-44-20-22-46(2,3)4)28-45-21-23-47(5,6)7)42-36(40-34)32(26-39-42)31-14-15-33(38-25-31)29-12-10-9-11-13-29;1-46(2,3)20-18-44-26-40(27-45-19-21-47(4,5)6)34-22-33(29-14-16-36(43,25-42)17-15-29)39-35-31(24-38-41(34)35)30-12-13-32(37-23-30)28-10-8-7-9-11-28;1-4(2)3/h9-15,24-26,30,43H,8,16-23,27-28H2,1-7H3;7-13,22-24,29,42-43H,14-21,25-27H2,1-6H3;1H. The summed E-state index contributed by atoms with van der Waals surface area (Å²) in [4.78, 5) is 24.4. The molecule has 2 aliphatic rings. The van der Waals surface area contributed by atoms with Crippen LogP contribution in [0.15, 0.2) is 122 Å². The third-order valence-corrected chi connectivity index (χ3v) is 25.3. The maximum atomic E-state index is 11.0. The highest BCUT2D eigenvalue weighted by Crippen LogP contribution is 2.42. The Hall–Kier alpha value is -6.21. The third kappa shape index (κ3) is 23.4. The van der Waals surface area contributed by atoms with E-state index < -0.39 is 54.0 Å². The number of ether oxygens (including phenoxy) is 4. The van der Waals surface area contributed by atoms with Crippen molar-refractivity contribution in [1.82, 2.24) is 39.2 Å². The van der Waals surface area contributed by atoms with E-state index in [1.165, 1.54) is 0 Å². The topological polar surface area (TPSA) is 248 Å². The number of pyridine rings is 2. The average Bonchev–Trinajstić information content (AvgIpc) is 1.58. The summed E-state index contributed by atoms with van der Waals surface area (Å²) in [7, 11) is -7.59. The number of fused-ring (bicyclic) bond motifs is 2. The van der Waals surface area contributed by atoms with Gasteiger partial charge in [-0.3, -0.25) is 9.97 Å². The van der Waals surface area contributed by atoms with Gasteiger partial charge in [-0.25, -0.2) is 9.97 Å². The number of aliphatic hydroxyl groups excluding tert-OH is 1. The number of hydrogen-bond donors (Lipinski definition) is 4. The van der Waals surface area contributed by atoms with E-state index in [9.17, 15) is 15.3 Å². The quantitative estimate of drug-likeness (QED) is 0.0186. The number of hydrogen-bond acceptors (Lipinski definition) is 18. The number of aliphatic hydroxyl groups is 3. The number of anilines is 2. The fourth-order valence-corrected chi connectivity index (χ4v) is 14.9. The Kier molecular flexibility index (Phi) is 27.6. The van der Waals surface area contributed by atoms with Crippen molar-refractivity contribution < 1.29 is 42.7 Å². The maximum absolute atomic E-state index is 11.0. The SMILES string of the molecule is CCC1(O)CCC(c2cc(N(COCC[Si](C)(C)C)COCC[Si](C)(C)C)n3ncc(-c4ccc(-c5ccccc5)nc4)c3n2)CC1.C[Si](C)(C)CCOCN(COCC[Si](C)(C)C)c1cc(C2CCC(O)(CO)CC2)nc2c(-c3ccc(-c4ccccc4)nc3)cnn12.N=S(=O)=O. The molecular weight excluding hydrogens is 1320 g/mol. The minimum absolute atomic E-state index is 0.148. The van der Waals surface area contributed by atoms with E-state index in [4.69, 9.17) is 62.3 Å². The van der Waals surface area contributed by atoms with Crippen molar-refractivity contribution in [2.24, 2.45) is 0 Å². The first-order chi connectivity index (χ1) is 46.4. The third-order valence-electron chi connectivity index (χ3n) is 18.5. The summed E-state index contributed by atoms with van der Waals surface area (Å²) in [5.74, 6) is 2.19. The highest BCUT2D eigenvalue weighted by atomic mass is 32.2. The van der Waals surface area contributed by atoms with Crippen LogP contribution in [0.2, 0.25) is 103 Å². The predicted molar refractivity (Wildman–Crippen MR) is 405 cm³/mol. The van der Waals surface area contributed by atoms with Crippen LogP contribution in [0.5, 0.6) is 0 Å². The molecule has 0 unspecified atom stereocenters. The van der Waals surface area contributed by atoms with E-state index >= 15 is 0 Å². The zero-order valence-electron chi connectivity index (χ0n) is 60.4. The zero-order chi connectivity index (χ0) is 70.9. The molecule has 98 heavy (non-hydrogen) atoms. The largest absolute Gasteiger partial charge is 0.393 e. The van der Waals surface area contributed by atoms with E-state index in [-0.39, 0.29) is 18.4 Å². The van der Waals surface area contributed by atoms with E-state index in [0.29, 0.717) is 53.0 Å². The molecule has 20 nitrogen and oxygen atoms in total. The van der Waals surface area contributed by atoms with E-state index in [1.54, 1.807) is 0 Å². The van der Waals surface area contributed by atoms with Crippen LogP contribution in [0.3, 0.4) is 0 Å². The molecule has 6 heterocycles. The van der Waals surface area contributed by atoms with Crippen molar-refractivity contribution in [3.8, 4) is 44.8 Å². The van der Waals surface area contributed by atoms with Crippen molar-refractivity contribution in [1.29, 1.82) is 4.78 Å². The van der Waals surface area contributed by atoms with Gasteiger partial charge in [0.15, 0.2) is 11.3 Å². The summed E-state index contributed by atoms with van der Waals surface area (Å²) in [6, 6.07) is 37.4. The highest BCUT2D eigenvalue weighted by Gasteiger charge is 2.36. The minimum atomic E-state index is -2.61. The number of nitrogens with zero attached hydrogens (tertiary/aromatic N) is 10. The summed E-state index contributed by atoms with van der Waals surface area (Å²) in [5.41, 5.74) is 9.73. The maximum Gasteiger partial charge on any atom is 0.308 e. The molecule has 0 bridgehead atoms. The molecule has 10 rings (SSSR count). The second-order valence-corrected chi connectivity index (χ2v) is 54.4. The Labute approximate surface area is 587 Å². The number of nitrogens with one attached hydrogen (secondary N) is 1. The number of aromatic nitrogens is 8. The summed E-state index contributed by atoms with van der Waals surface area (Å²) < 4.78 is 52.0. The summed E-state index contributed by atoms with van der Waals surface area (Å²) in [6.45, 7) is 34.8. The lowest BCUT2D eigenvalue weighted by atomic mass is 9.76. The van der Waals surface area contributed by atoms with Crippen LogP contribution in [-0.2, 0) is 29.4 Å². The lowest BCUT2D eigenvalue weighted by molar-refractivity contribution is -0.0458. The van der Waals surface area contributed by atoms with Crippen LogP contribution >= 0.6 is 0 Å². The lowest BCUT2D eigenvalue weighted by Gasteiger charge is -2.35. The van der Waals surface area contributed by atoms with Crippen LogP contribution in [0.25, 0.3) is 56.1 Å². The molecule has 0 amide bonds. The molecule has 2 aliphatic carbocycles. The number of benzene rings is 2. The molecule has 2 aromatic carbocycles. The molecule has 0 radical (unpaired) electrons. The molecule has 0 atom stereocenters. The monoisotopic (exact) mass is 1430 g/mol. The zero-order valence-corrected chi connectivity index (χ0v) is 65.2. The first-order valence-corrected chi connectivity index (χ1v) is 50.8. The first kappa shape index (κ1) is 77.5. The van der Waals surface area contributed by atoms with E-state index in [0.717, 1.165) is 161 Å². The summed E-state index contributed by atoms with van der Waals surface area (Å²) >= 11 is 0. The summed E-state index contributed by atoms with van der Waals surface area (Å²) in [6.07, 6.45) is 14.3. The van der Waals surface area contributed by atoms with Gasteiger partial charge in [0.05, 0.1) is 41.6 Å². The Morgan fingerprint density at radius 3 is 1.11 bits per heavy atom. The van der Waals surface area contributed by atoms with Crippen LogP contribution in [0, 0.1) is 4.78 Å². The van der Waals surface area contributed by atoms with Crippen molar-refractivity contribution in [3.05, 3.63) is 133 Å². The smallest absolute Gasteiger partial charge is 0.308 e. The van der Waals surface area contributed by atoms with Gasteiger partial charge in [0.25, 0.3) is 0 Å². The van der Waals surface area contributed by atoms with Gasteiger partial charge in [-0.1, -0.05) is 158 Å². The van der Waals surface area contributed by atoms with Crippen molar-refractivity contribution in [2.75, 3.05) is 69.8 Å². The molecular formula is C73H109N11O9SSi4. The van der Waals surface area contributed by atoms with Gasteiger partial charge in [0.1, 0.15) is 38.6 Å². The van der Waals surface area contributed by atoms with Crippen LogP contribution in [0.1, 0.15) is 87.9 Å². The van der Waals surface area contributed by atoms with Gasteiger partial charge in [-0.15, -0.1) is 0 Å². The first-order valence-electron chi connectivity index (χ1n) is 34.9. The Morgan fingerprint density at radius 2 is 0.827 bits per heavy atom. The Bertz CT molecular complexity index is 3600. The van der Waals surface area contributed by atoms with Gasteiger partial charge >= 0.3 is 10.5 Å². The molecule has 4 N–H and O–H groups in total. The van der Waals surface area contributed by atoms with Gasteiger partial charge in [-0.2, -0.15) is 32.4 Å². The van der Waals surface area contributed by atoms with E-state index in [1.807, 2.05) is 76.3 Å². The second kappa shape index (κ2) is 34.9. The molecule has 0 aliphatic heterocycles. The molecule has 25 heteroatoms. The van der Waals surface area contributed by atoms with Crippen LogP contribution in [0.4, 0.5) is 11.6 Å². The van der Waals surface area contributed by atoms with Gasteiger partial charge in [-0.05, 0) is 94.1 Å². The molecule has 0 spiro atoms. The Morgan fingerprint density at radius 1 is 0.500 bits per heavy atom. The van der Waals surface area contributed by atoms with Crippen molar-refractivity contribution in [2.45, 2.75) is 190 Å². The van der Waals surface area contributed by atoms with Crippen molar-refractivity contribution >= 4 is 65.7 Å². The van der Waals surface area contributed by atoms with Crippen molar-refractivity contribution in [3.63, 3.8) is 0 Å². The Balaban J connectivity index is 0.000000237. The number of rotatable bonds is 30. The van der Waals surface area contributed by atoms with Crippen LogP contribution in [-0.4, -0.2) is 166 Å². The fourth-order valence-electron chi connectivity index (χ4n) is 11.8.